The first kappa shape index (κ1) is 20.4. The molecule has 22 heavy (non-hydrogen) atoms. The maximum Gasteiger partial charge on any atom is 0.254 e. The van der Waals surface area contributed by atoms with Crippen molar-refractivity contribution in [1.29, 1.82) is 0 Å². The van der Waals surface area contributed by atoms with Crippen molar-refractivity contribution >= 4 is 6.29 Å². The molecule has 0 aliphatic heterocycles. The monoisotopic (exact) mass is 306 g/mol. The van der Waals surface area contributed by atoms with Crippen LogP contribution in [0.3, 0.4) is 0 Å². The molecule has 0 atom stereocenters. The second kappa shape index (κ2) is 15.8. The smallest absolute Gasteiger partial charge is 0.254 e. The topological polar surface area (TPSA) is 60.2 Å². The maximum absolute atomic E-state index is 10.9. The van der Waals surface area contributed by atoms with Crippen LogP contribution in [-0.2, 0) is 4.79 Å². The van der Waals surface area contributed by atoms with Crippen LogP contribution in [-0.4, -0.2) is 11.2 Å². The third-order valence-electron chi connectivity index (χ3n) is 3.40. The van der Waals surface area contributed by atoms with E-state index in [-0.39, 0.29) is 17.0 Å². The number of nitro groups is 1. The molecular formula is C18H28NO3. The van der Waals surface area contributed by atoms with Gasteiger partial charge in [-0.3, -0.25) is 14.9 Å². The first-order valence-corrected chi connectivity index (χ1v) is 8.36. The van der Waals surface area contributed by atoms with Gasteiger partial charge in [-0.2, -0.15) is 0 Å². The Hall–Kier alpha value is -1.63. The fourth-order valence-corrected chi connectivity index (χ4v) is 2.06. The summed E-state index contributed by atoms with van der Waals surface area (Å²) in [6.45, 7) is 2.14. The number of allylic oxidation sites excluding steroid dienone is 2. The highest BCUT2D eigenvalue weighted by atomic mass is 16.6. The molecule has 0 spiro atoms. The van der Waals surface area contributed by atoms with Gasteiger partial charge < -0.3 is 0 Å². The maximum atomic E-state index is 10.9. The summed E-state index contributed by atoms with van der Waals surface area (Å²) in [4.78, 5) is 20.6. The number of hydrogen-bond acceptors (Lipinski definition) is 3. The Labute approximate surface area is 134 Å². The molecule has 0 N–H and O–H groups in total. The van der Waals surface area contributed by atoms with Crippen LogP contribution in [0, 0.1) is 22.0 Å². The zero-order valence-corrected chi connectivity index (χ0v) is 13.7. The lowest BCUT2D eigenvalue weighted by molar-refractivity contribution is -0.426. The molecular weight excluding hydrogens is 278 g/mol. The predicted molar refractivity (Wildman–Crippen MR) is 89.6 cm³/mol. The molecule has 0 rings (SSSR count). The largest absolute Gasteiger partial charge is 0.291 e. The van der Waals surface area contributed by atoms with Crippen LogP contribution in [0.15, 0.2) is 11.8 Å². The van der Waals surface area contributed by atoms with Crippen LogP contribution in [0.5, 0.6) is 0 Å². The first-order chi connectivity index (χ1) is 10.7. The second-order valence-corrected chi connectivity index (χ2v) is 5.39. The molecule has 0 aliphatic rings. The number of unbranched alkanes of at least 4 members (excludes halogenated alkanes) is 9. The molecule has 0 bridgehead atoms. The van der Waals surface area contributed by atoms with Crippen LogP contribution in [0.4, 0.5) is 0 Å². The van der Waals surface area contributed by atoms with E-state index in [0.29, 0.717) is 6.42 Å². The average Bonchev–Trinajstić information content (AvgIpc) is 2.50. The van der Waals surface area contributed by atoms with E-state index in [0.717, 1.165) is 64.2 Å². The quantitative estimate of drug-likeness (QED) is 0.209. The van der Waals surface area contributed by atoms with Gasteiger partial charge in [-0.05, 0) is 31.8 Å². The van der Waals surface area contributed by atoms with Gasteiger partial charge in [-0.1, -0.05) is 44.9 Å². The molecule has 1 radical (unpaired) electrons. The molecule has 0 aliphatic carbocycles. The van der Waals surface area contributed by atoms with Crippen molar-refractivity contribution in [3.05, 3.63) is 21.9 Å². The van der Waals surface area contributed by atoms with Crippen LogP contribution in [0.1, 0.15) is 84.0 Å². The van der Waals surface area contributed by atoms with E-state index in [1.165, 1.54) is 0 Å². The molecule has 0 unspecified atom stereocenters. The van der Waals surface area contributed by atoms with E-state index in [1.54, 1.807) is 6.08 Å². The Kier molecular flexibility index (Phi) is 14.6. The highest BCUT2D eigenvalue weighted by Crippen LogP contribution is 2.10. The van der Waals surface area contributed by atoms with Gasteiger partial charge in [-0.25, -0.2) is 0 Å². The first-order valence-electron chi connectivity index (χ1n) is 8.36. The van der Waals surface area contributed by atoms with Crippen molar-refractivity contribution in [3.8, 4) is 11.8 Å². The minimum absolute atomic E-state index is 0.221. The SMILES string of the molecule is CCCCCC#CCC(=CCCCCCCC[C]=O)[N+](=O)[O-]. The van der Waals surface area contributed by atoms with Gasteiger partial charge in [0.1, 0.15) is 0 Å². The Morgan fingerprint density at radius 2 is 1.68 bits per heavy atom. The molecule has 4 nitrogen and oxygen atoms in total. The fraction of sp³-hybridized carbons (Fsp3) is 0.722. The van der Waals surface area contributed by atoms with E-state index < -0.39 is 0 Å². The summed E-state index contributed by atoms with van der Waals surface area (Å²) in [6.07, 6.45) is 14.3. The predicted octanol–water partition coefficient (Wildman–Crippen LogP) is 4.96. The van der Waals surface area contributed by atoms with Crippen LogP contribution < -0.4 is 0 Å². The summed E-state index contributed by atoms with van der Waals surface area (Å²) >= 11 is 0. The number of nitrogens with zero attached hydrogens (tertiary/aromatic N) is 1. The van der Waals surface area contributed by atoms with E-state index in [4.69, 9.17) is 0 Å². The Morgan fingerprint density at radius 3 is 2.36 bits per heavy atom. The van der Waals surface area contributed by atoms with Crippen molar-refractivity contribution in [2.75, 3.05) is 0 Å². The van der Waals surface area contributed by atoms with Gasteiger partial charge in [-0.15, -0.1) is 5.92 Å². The Bertz CT molecular complexity index is 391. The van der Waals surface area contributed by atoms with Gasteiger partial charge in [0.25, 0.3) is 5.70 Å². The average molecular weight is 306 g/mol. The second-order valence-electron chi connectivity index (χ2n) is 5.39. The van der Waals surface area contributed by atoms with E-state index in [9.17, 15) is 14.9 Å². The van der Waals surface area contributed by atoms with Crippen LogP contribution in [0.2, 0.25) is 0 Å². The fourth-order valence-electron chi connectivity index (χ4n) is 2.06. The van der Waals surface area contributed by atoms with Gasteiger partial charge in [0.05, 0.1) is 11.3 Å². The molecule has 0 aromatic carbocycles. The van der Waals surface area contributed by atoms with Gasteiger partial charge in [0.15, 0.2) is 6.29 Å². The molecule has 0 aromatic heterocycles. The van der Waals surface area contributed by atoms with Crippen molar-refractivity contribution in [3.63, 3.8) is 0 Å². The van der Waals surface area contributed by atoms with Gasteiger partial charge in [0, 0.05) is 12.8 Å². The third-order valence-corrected chi connectivity index (χ3v) is 3.40. The number of hydrogen-bond donors (Lipinski definition) is 0. The lowest BCUT2D eigenvalue weighted by Gasteiger charge is -1.98. The lowest BCUT2D eigenvalue weighted by atomic mass is 10.1. The lowest BCUT2D eigenvalue weighted by Crippen LogP contribution is -1.97. The summed E-state index contributed by atoms with van der Waals surface area (Å²) < 4.78 is 0. The number of carbonyl (C=O) groups excluding carboxylic acids is 1. The molecule has 0 aromatic rings. The molecule has 0 saturated carbocycles. The van der Waals surface area contributed by atoms with Gasteiger partial charge >= 0.3 is 0 Å². The summed E-state index contributed by atoms with van der Waals surface area (Å²) in [7, 11) is 0. The van der Waals surface area contributed by atoms with Crippen molar-refractivity contribution in [2.24, 2.45) is 0 Å². The number of rotatable bonds is 13. The summed E-state index contributed by atoms with van der Waals surface area (Å²) in [5, 5.41) is 10.9. The minimum atomic E-state index is -0.319. The van der Waals surface area contributed by atoms with E-state index in [1.807, 2.05) is 6.29 Å². The van der Waals surface area contributed by atoms with Crippen molar-refractivity contribution < 1.29 is 9.72 Å². The van der Waals surface area contributed by atoms with Crippen molar-refractivity contribution in [1.82, 2.24) is 0 Å². The Balaban J connectivity index is 3.86. The molecule has 123 valence electrons. The van der Waals surface area contributed by atoms with E-state index >= 15 is 0 Å². The van der Waals surface area contributed by atoms with Crippen molar-refractivity contribution in [2.45, 2.75) is 84.0 Å². The molecule has 0 amide bonds. The molecule has 0 fully saturated rings. The third kappa shape index (κ3) is 13.4. The normalized spacial score (nSPS) is 10.9. The summed E-state index contributed by atoms with van der Waals surface area (Å²) in [5.74, 6) is 5.91. The molecule has 0 heterocycles. The summed E-state index contributed by atoms with van der Waals surface area (Å²) in [5.41, 5.74) is 0.221. The standard InChI is InChI=1S/C18H28NO3/c1-2-3-4-5-9-12-15-18(19(21)22)16-13-10-7-6-8-11-14-17-20/h16H,2-8,10-11,13-15H2,1H3. The van der Waals surface area contributed by atoms with Crippen LogP contribution in [0.25, 0.3) is 0 Å². The minimum Gasteiger partial charge on any atom is -0.291 e. The molecule has 0 saturated heterocycles. The van der Waals surface area contributed by atoms with Crippen LogP contribution >= 0.6 is 0 Å². The zero-order valence-electron chi connectivity index (χ0n) is 13.7. The molecule has 4 heteroatoms. The Morgan fingerprint density at radius 1 is 1.00 bits per heavy atom. The zero-order chi connectivity index (χ0) is 16.5. The highest BCUT2D eigenvalue weighted by Gasteiger charge is 2.07. The summed E-state index contributed by atoms with van der Waals surface area (Å²) in [6, 6.07) is 0. The van der Waals surface area contributed by atoms with Gasteiger partial charge in [0.2, 0.25) is 0 Å². The highest BCUT2D eigenvalue weighted by molar-refractivity contribution is 5.50. The van der Waals surface area contributed by atoms with E-state index in [2.05, 4.69) is 18.8 Å².